The summed E-state index contributed by atoms with van der Waals surface area (Å²) >= 11 is 1.30. The summed E-state index contributed by atoms with van der Waals surface area (Å²) in [7, 11) is 0. The molecule has 0 aliphatic carbocycles. The van der Waals surface area contributed by atoms with Crippen LogP contribution in [0, 0.1) is 13.8 Å². The van der Waals surface area contributed by atoms with Gasteiger partial charge in [-0.1, -0.05) is 60.3 Å². The molecule has 2 aromatic carbocycles. The van der Waals surface area contributed by atoms with E-state index in [0.29, 0.717) is 5.22 Å². The van der Waals surface area contributed by atoms with Crippen LogP contribution in [0.4, 0.5) is 5.69 Å². The molecule has 3 rings (SSSR count). The van der Waals surface area contributed by atoms with E-state index in [1.54, 1.807) is 0 Å². The van der Waals surface area contributed by atoms with Crippen molar-refractivity contribution in [1.82, 2.24) is 4.98 Å². The largest absolute Gasteiger partial charge is 0.437 e. The summed E-state index contributed by atoms with van der Waals surface area (Å²) in [5, 5.41) is 3.52. The Bertz CT molecular complexity index is 840. The number of carbonyl (C=O) groups is 1. The lowest BCUT2D eigenvalue weighted by atomic mass is 10.0. The number of rotatable bonds is 6. The number of thioether (sulfide) groups is 1. The molecule has 4 nitrogen and oxygen atoms in total. The highest BCUT2D eigenvalue weighted by Gasteiger charge is 2.11. The summed E-state index contributed by atoms with van der Waals surface area (Å²) in [5.41, 5.74) is 4.01. The molecule has 1 heterocycles. The summed E-state index contributed by atoms with van der Waals surface area (Å²) in [4.78, 5) is 16.6. The summed E-state index contributed by atoms with van der Waals surface area (Å²) in [6, 6.07) is 18.1. The number of aromatic nitrogens is 1. The highest BCUT2D eigenvalue weighted by Crippen LogP contribution is 2.22. The van der Waals surface area contributed by atoms with Gasteiger partial charge >= 0.3 is 0 Å². The molecule has 0 saturated heterocycles. The van der Waals surface area contributed by atoms with Crippen molar-refractivity contribution in [2.45, 2.75) is 25.5 Å². The van der Waals surface area contributed by atoms with Crippen molar-refractivity contribution in [3.05, 3.63) is 77.2 Å². The molecule has 5 heteroatoms. The number of para-hydroxylation sites is 1. The van der Waals surface area contributed by atoms with E-state index in [2.05, 4.69) is 22.4 Å². The van der Waals surface area contributed by atoms with Gasteiger partial charge < -0.3 is 9.73 Å². The Morgan fingerprint density at radius 3 is 2.52 bits per heavy atom. The SMILES string of the molecule is Cc1nc(SCC(=O)Nc2ccccc2Cc2ccccc2)oc1C. The maximum absolute atomic E-state index is 12.3. The number of carbonyl (C=O) groups excluding carboxylic acids is 1. The quantitative estimate of drug-likeness (QED) is 0.658. The number of hydrogen-bond acceptors (Lipinski definition) is 4. The Balaban J connectivity index is 1.63. The van der Waals surface area contributed by atoms with Crippen molar-refractivity contribution in [3.8, 4) is 0 Å². The molecular formula is C20H20N2O2S. The third kappa shape index (κ3) is 4.73. The van der Waals surface area contributed by atoms with E-state index in [9.17, 15) is 4.79 Å². The third-order valence-corrected chi connectivity index (χ3v) is 4.69. The second kappa shape index (κ2) is 8.03. The smallest absolute Gasteiger partial charge is 0.256 e. The number of anilines is 1. The lowest BCUT2D eigenvalue weighted by Gasteiger charge is -2.11. The minimum atomic E-state index is -0.0704. The molecule has 0 aliphatic heterocycles. The van der Waals surface area contributed by atoms with Crippen LogP contribution in [0.25, 0.3) is 0 Å². The van der Waals surface area contributed by atoms with E-state index < -0.39 is 0 Å². The molecule has 0 atom stereocenters. The summed E-state index contributed by atoms with van der Waals surface area (Å²) in [5.74, 6) is 0.981. The van der Waals surface area contributed by atoms with E-state index >= 15 is 0 Å². The second-order valence-corrected chi connectivity index (χ2v) is 6.70. The molecule has 0 fully saturated rings. The van der Waals surface area contributed by atoms with E-state index in [1.165, 1.54) is 17.3 Å². The molecule has 0 saturated carbocycles. The first-order valence-electron chi connectivity index (χ1n) is 8.10. The van der Waals surface area contributed by atoms with E-state index in [4.69, 9.17) is 4.42 Å². The molecule has 0 radical (unpaired) electrons. The molecule has 3 aromatic rings. The van der Waals surface area contributed by atoms with Gasteiger partial charge in [0.05, 0.1) is 11.4 Å². The number of hydrogen-bond donors (Lipinski definition) is 1. The fourth-order valence-electron chi connectivity index (χ4n) is 2.43. The van der Waals surface area contributed by atoms with Crippen molar-refractivity contribution in [2.75, 3.05) is 11.1 Å². The Morgan fingerprint density at radius 1 is 1.08 bits per heavy atom. The standard InChI is InChI=1S/C20H20N2O2S/c1-14-15(2)24-20(21-14)25-13-19(23)22-18-11-7-6-10-17(18)12-16-8-4-3-5-9-16/h3-11H,12-13H2,1-2H3,(H,22,23). The molecule has 0 aliphatic rings. The normalized spacial score (nSPS) is 10.6. The van der Waals surface area contributed by atoms with Crippen LogP contribution in [-0.4, -0.2) is 16.6 Å². The summed E-state index contributed by atoms with van der Waals surface area (Å²) in [6.45, 7) is 3.76. The van der Waals surface area contributed by atoms with E-state index in [-0.39, 0.29) is 11.7 Å². The van der Waals surface area contributed by atoms with Gasteiger partial charge in [-0.25, -0.2) is 4.98 Å². The first kappa shape index (κ1) is 17.3. The van der Waals surface area contributed by atoms with Gasteiger partial charge in [-0.3, -0.25) is 4.79 Å². The highest BCUT2D eigenvalue weighted by atomic mass is 32.2. The number of oxazole rings is 1. The molecule has 128 valence electrons. The Morgan fingerprint density at radius 2 is 1.80 bits per heavy atom. The molecular weight excluding hydrogens is 332 g/mol. The molecule has 0 spiro atoms. The van der Waals surface area contributed by atoms with Gasteiger partial charge in [-0.15, -0.1) is 0 Å². The minimum absolute atomic E-state index is 0.0704. The monoisotopic (exact) mass is 352 g/mol. The molecule has 1 aromatic heterocycles. The first-order chi connectivity index (χ1) is 12.1. The van der Waals surface area contributed by atoms with Gasteiger partial charge in [0.25, 0.3) is 5.22 Å². The molecule has 25 heavy (non-hydrogen) atoms. The zero-order valence-corrected chi connectivity index (χ0v) is 15.1. The van der Waals surface area contributed by atoms with Crippen LogP contribution in [0.15, 0.2) is 64.2 Å². The van der Waals surface area contributed by atoms with Crippen LogP contribution >= 0.6 is 11.8 Å². The van der Waals surface area contributed by atoms with E-state index in [0.717, 1.165) is 29.1 Å². The summed E-state index contributed by atoms with van der Waals surface area (Å²) < 4.78 is 5.49. The zero-order valence-electron chi connectivity index (χ0n) is 14.3. The van der Waals surface area contributed by atoms with Gasteiger partial charge in [0.1, 0.15) is 5.76 Å². The van der Waals surface area contributed by atoms with Crippen molar-refractivity contribution < 1.29 is 9.21 Å². The van der Waals surface area contributed by atoms with Crippen LogP contribution in [0.1, 0.15) is 22.6 Å². The third-order valence-electron chi connectivity index (χ3n) is 3.86. The molecule has 0 bridgehead atoms. The van der Waals surface area contributed by atoms with Gasteiger partial charge in [0.15, 0.2) is 0 Å². The minimum Gasteiger partial charge on any atom is -0.437 e. The number of nitrogens with zero attached hydrogens (tertiary/aromatic N) is 1. The fraction of sp³-hybridized carbons (Fsp3) is 0.200. The maximum atomic E-state index is 12.3. The number of nitrogens with one attached hydrogen (secondary N) is 1. The molecule has 1 N–H and O–H groups in total. The predicted molar refractivity (Wildman–Crippen MR) is 101 cm³/mol. The number of amides is 1. The fourth-order valence-corrected chi connectivity index (χ4v) is 3.14. The van der Waals surface area contributed by atoms with Crippen LogP contribution < -0.4 is 5.32 Å². The lowest BCUT2D eigenvalue weighted by Crippen LogP contribution is -2.15. The Hall–Kier alpha value is -2.53. The average Bonchev–Trinajstić information content (AvgIpc) is 2.94. The lowest BCUT2D eigenvalue weighted by molar-refractivity contribution is -0.113. The maximum Gasteiger partial charge on any atom is 0.256 e. The average molecular weight is 352 g/mol. The van der Waals surface area contributed by atoms with Crippen molar-refractivity contribution >= 4 is 23.4 Å². The first-order valence-corrected chi connectivity index (χ1v) is 9.09. The van der Waals surface area contributed by atoms with Crippen molar-refractivity contribution in [3.63, 3.8) is 0 Å². The van der Waals surface area contributed by atoms with E-state index in [1.807, 2.05) is 56.3 Å². The van der Waals surface area contributed by atoms with Crippen molar-refractivity contribution in [2.24, 2.45) is 0 Å². The Labute approximate surface area is 151 Å². The highest BCUT2D eigenvalue weighted by molar-refractivity contribution is 7.99. The van der Waals surface area contributed by atoms with Crippen LogP contribution in [0.3, 0.4) is 0 Å². The van der Waals surface area contributed by atoms with Gasteiger partial charge in [-0.2, -0.15) is 0 Å². The Kier molecular flexibility index (Phi) is 5.56. The second-order valence-electron chi connectivity index (χ2n) is 5.78. The predicted octanol–water partition coefficient (Wildman–Crippen LogP) is 4.61. The topological polar surface area (TPSA) is 55.1 Å². The number of aryl methyl sites for hydroxylation is 2. The van der Waals surface area contributed by atoms with Gasteiger partial charge in [0, 0.05) is 5.69 Å². The zero-order chi connectivity index (χ0) is 17.6. The van der Waals surface area contributed by atoms with Crippen LogP contribution in [0.2, 0.25) is 0 Å². The van der Waals surface area contributed by atoms with Crippen LogP contribution in [-0.2, 0) is 11.2 Å². The summed E-state index contributed by atoms with van der Waals surface area (Å²) in [6.07, 6.45) is 0.780. The van der Waals surface area contributed by atoms with Gasteiger partial charge in [-0.05, 0) is 37.5 Å². The molecule has 0 unspecified atom stereocenters. The molecule has 1 amide bonds. The number of benzene rings is 2. The van der Waals surface area contributed by atoms with Gasteiger partial charge in [0.2, 0.25) is 5.91 Å². The van der Waals surface area contributed by atoms with Crippen molar-refractivity contribution in [1.29, 1.82) is 0 Å². The van der Waals surface area contributed by atoms with Crippen LogP contribution in [0.5, 0.6) is 0 Å².